The summed E-state index contributed by atoms with van der Waals surface area (Å²) in [5, 5.41) is 14.8. The fraction of sp³-hybridized carbons (Fsp3) is 0.188. The summed E-state index contributed by atoms with van der Waals surface area (Å²) in [7, 11) is 0. The zero-order valence-corrected chi connectivity index (χ0v) is 11.4. The third kappa shape index (κ3) is 4.31. The molecule has 2 amide bonds. The summed E-state index contributed by atoms with van der Waals surface area (Å²) in [6.07, 6.45) is 0.785. The summed E-state index contributed by atoms with van der Waals surface area (Å²) < 4.78 is 0. The summed E-state index contributed by atoms with van der Waals surface area (Å²) >= 11 is 0. The van der Waals surface area contributed by atoms with Crippen LogP contribution < -0.4 is 10.6 Å². The van der Waals surface area contributed by atoms with Gasteiger partial charge in [-0.1, -0.05) is 35.9 Å². The van der Waals surface area contributed by atoms with Crippen molar-refractivity contribution in [2.24, 2.45) is 0 Å². The Morgan fingerprint density at radius 1 is 1.15 bits per heavy atom. The Hall–Kier alpha value is -2.49. The molecule has 0 saturated carbocycles. The molecule has 0 heterocycles. The fourth-order valence-corrected chi connectivity index (χ4v) is 1.83. The molecule has 0 fully saturated rings. The lowest BCUT2D eigenvalue weighted by Gasteiger charge is -2.08. The van der Waals surface area contributed by atoms with Gasteiger partial charge in [0.25, 0.3) is 0 Å². The second kappa shape index (κ2) is 6.61. The van der Waals surface area contributed by atoms with Crippen LogP contribution in [0.1, 0.15) is 11.1 Å². The maximum absolute atomic E-state index is 11.7. The number of benzene rings is 2. The molecule has 104 valence electrons. The van der Waals surface area contributed by atoms with Crippen molar-refractivity contribution in [1.29, 1.82) is 0 Å². The van der Waals surface area contributed by atoms with Gasteiger partial charge < -0.3 is 15.7 Å². The quantitative estimate of drug-likeness (QED) is 0.799. The number of carbonyl (C=O) groups excluding carboxylic acids is 1. The Balaban J connectivity index is 1.76. The van der Waals surface area contributed by atoms with Gasteiger partial charge in [0.15, 0.2) is 0 Å². The Morgan fingerprint density at radius 2 is 1.90 bits per heavy atom. The monoisotopic (exact) mass is 270 g/mol. The Labute approximate surface area is 118 Å². The highest BCUT2D eigenvalue weighted by Crippen LogP contribution is 2.14. The minimum atomic E-state index is -0.275. The number of hydrogen-bond acceptors (Lipinski definition) is 2. The lowest BCUT2D eigenvalue weighted by molar-refractivity contribution is 0.252. The van der Waals surface area contributed by atoms with Crippen molar-refractivity contribution in [2.45, 2.75) is 13.3 Å². The van der Waals surface area contributed by atoms with E-state index in [4.69, 9.17) is 0 Å². The SMILES string of the molecule is Cc1ccc(CCNC(=O)Nc2cccc(O)c2)cc1. The van der Waals surface area contributed by atoms with Gasteiger partial charge in [-0.25, -0.2) is 4.79 Å². The van der Waals surface area contributed by atoms with Gasteiger partial charge in [-0.2, -0.15) is 0 Å². The molecule has 0 radical (unpaired) electrons. The smallest absolute Gasteiger partial charge is 0.319 e. The van der Waals surface area contributed by atoms with Gasteiger partial charge in [-0.05, 0) is 31.0 Å². The predicted octanol–water partition coefficient (Wildman–Crippen LogP) is 3.06. The van der Waals surface area contributed by atoms with E-state index in [-0.39, 0.29) is 11.8 Å². The van der Waals surface area contributed by atoms with Crippen LogP contribution in [0.5, 0.6) is 5.75 Å². The topological polar surface area (TPSA) is 61.4 Å². The molecule has 0 aliphatic carbocycles. The second-order valence-electron chi connectivity index (χ2n) is 4.67. The predicted molar refractivity (Wildman–Crippen MR) is 80.0 cm³/mol. The van der Waals surface area contributed by atoms with E-state index in [2.05, 4.69) is 34.9 Å². The Bertz CT molecular complexity index is 579. The van der Waals surface area contributed by atoms with Crippen molar-refractivity contribution in [3.05, 3.63) is 59.7 Å². The van der Waals surface area contributed by atoms with Crippen molar-refractivity contribution in [3.63, 3.8) is 0 Å². The van der Waals surface area contributed by atoms with Crippen LogP contribution in [-0.2, 0) is 6.42 Å². The highest BCUT2D eigenvalue weighted by Gasteiger charge is 2.01. The van der Waals surface area contributed by atoms with Gasteiger partial charge in [0.05, 0.1) is 0 Å². The van der Waals surface area contributed by atoms with Gasteiger partial charge in [0.2, 0.25) is 0 Å². The first kappa shape index (κ1) is 13.9. The third-order valence-electron chi connectivity index (χ3n) is 2.92. The number of phenolic OH excluding ortho intramolecular Hbond substituents is 1. The summed E-state index contributed by atoms with van der Waals surface area (Å²) in [6, 6.07) is 14.4. The number of aryl methyl sites for hydroxylation is 1. The molecule has 2 rings (SSSR count). The van der Waals surface area contributed by atoms with Crippen molar-refractivity contribution in [2.75, 3.05) is 11.9 Å². The molecule has 0 aromatic heterocycles. The number of urea groups is 1. The van der Waals surface area contributed by atoms with Crippen LogP contribution in [-0.4, -0.2) is 17.7 Å². The van der Waals surface area contributed by atoms with Crippen LogP contribution in [0.15, 0.2) is 48.5 Å². The summed E-state index contributed by atoms with van der Waals surface area (Å²) in [4.78, 5) is 11.7. The summed E-state index contributed by atoms with van der Waals surface area (Å²) in [5.41, 5.74) is 2.98. The maximum Gasteiger partial charge on any atom is 0.319 e. The molecular weight excluding hydrogens is 252 g/mol. The molecule has 0 spiro atoms. The van der Waals surface area contributed by atoms with Gasteiger partial charge in [0.1, 0.15) is 5.75 Å². The van der Waals surface area contributed by atoms with Crippen LogP contribution in [0, 0.1) is 6.92 Å². The Kier molecular flexibility index (Phi) is 4.60. The molecule has 4 nitrogen and oxygen atoms in total. The first-order valence-corrected chi connectivity index (χ1v) is 6.53. The molecule has 2 aromatic rings. The summed E-state index contributed by atoms with van der Waals surface area (Å²) in [5.74, 6) is 0.127. The molecular formula is C16H18N2O2. The average Bonchev–Trinajstić information content (AvgIpc) is 2.41. The van der Waals surface area contributed by atoms with E-state index in [0.29, 0.717) is 12.2 Å². The first-order chi connectivity index (χ1) is 9.63. The molecule has 20 heavy (non-hydrogen) atoms. The van der Waals surface area contributed by atoms with E-state index in [0.717, 1.165) is 6.42 Å². The van der Waals surface area contributed by atoms with Crippen LogP contribution in [0.3, 0.4) is 0 Å². The number of amides is 2. The second-order valence-corrected chi connectivity index (χ2v) is 4.67. The highest BCUT2D eigenvalue weighted by molar-refractivity contribution is 5.89. The van der Waals surface area contributed by atoms with Crippen LogP contribution in [0.25, 0.3) is 0 Å². The van der Waals surface area contributed by atoms with E-state index in [1.807, 2.05) is 6.92 Å². The molecule has 2 aromatic carbocycles. The van der Waals surface area contributed by atoms with Gasteiger partial charge in [-0.3, -0.25) is 0 Å². The van der Waals surface area contributed by atoms with E-state index >= 15 is 0 Å². The molecule has 0 aliphatic heterocycles. The van der Waals surface area contributed by atoms with E-state index < -0.39 is 0 Å². The van der Waals surface area contributed by atoms with Gasteiger partial charge >= 0.3 is 6.03 Å². The zero-order chi connectivity index (χ0) is 14.4. The number of anilines is 1. The fourth-order valence-electron chi connectivity index (χ4n) is 1.83. The normalized spacial score (nSPS) is 10.1. The lowest BCUT2D eigenvalue weighted by atomic mass is 10.1. The largest absolute Gasteiger partial charge is 0.508 e. The molecule has 3 N–H and O–H groups in total. The Morgan fingerprint density at radius 3 is 2.60 bits per heavy atom. The minimum Gasteiger partial charge on any atom is -0.508 e. The standard InChI is InChI=1S/C16H18N2O2/c1-12-5-7-13(8-6-12)9-10-17-16(20)18-14-3-2-4-15(19)11-14/h2-8,11,19H,9-10H2,1H3,(H2,17,18,20). The van der Waals surface area contributed by atoms with Crippen LogP contribution >= 0.6 is 0 Å². The number of rotatable bonds is 4. The van der Waals surface area contributed by atoms with Crippen LogP contribution in [0.2, 0.25) is 0 Å². The van der Waals surface area contributed by atoms with Crippen molar-refractivity contribution in [1.82, 2.24) is 5.32 Å². The average molecular weight is 270 g/mol. The third-order valence-corrected chi connectivity index (χ3v) is 2.92. The van der Waals surface area contributed by atoms with Gasteiger partial charge in [-0.15, -0.1) is 0 Å². The van der Waals surface area contributed by atoms with Crippen molar-refractivity contribution < 1.29 is 9.90 Å². The number of hydrogen-bond donors (Lipinski definition) is 3. The van der Waals surface area contributed by atoms with Crippen molar-refractivity contribution in [3.8, 4) is 5.75 Å². The number of aromatic hydroxyl groups is 1. The molecule has 0 aliphatic rings. The summed E-state index contributed by atoms with van der Waals surface area (Å²) in [6.45, 7) is 2.61. The highest BCUT2D eigenvalue weighted by atomic mass is 16.3. The first-order valence-electron chi connectivity index (χ1n) is 6.53. The molecule has 0 saturated heterocycles. The molecule has 4 heteroatoms. The molecule has 0 atom stereocenters. The van der Waals surface area contributed by atoms with E-state index in [9.17, 15) is 9.90 Å². The maximum atomic E-state index is 11.7. The molecule has 0 bridgehead atoms. The van der Waals surface area contributed by atoms with Crippen molar-refractivity contribution >= 4 is 11.7 Å². The number of carbonyl (C=O) groups is 1. The number of nitrogens with one attached hydrogen (secondary N) is 2. The number of phenols is 1. The van der Waals surface area contributed by atoms with E-state index in [1.165, 1.54) is 17.2 Å². The van der Waals surface area contributed by atoms with E-state index in [1.54, 1.807) is 18.2 Å². The van der Waals surface area contributed by atoms with Crippen LogP contribution in [0.4, 0.5) is 10.5 Å². The van der Waals surface area contributed by atoms with Gasteiger partial charge in [0, 0.05) is 18.3 Å². The molecule has 0 unspecified atom stereocenters. The lowest BCUT2D eigenvalue weighted by Crippen LogP contribution is -2.30. The minimum absolute atomic E-state index is 0.127. The zero-order valence-electron chi connectivity index (χ0n) is 11.4.